The van der Waals surface area contributed by atoms with Gasteiger partial charge in [-0.3, -0.25) is 0 Å². The summed E-state index contributed by atoms with van der Waals surface area (Å²) in [6.45, 7) is 3.14. The summed E-state index contributed by atoms with van der Waals surface area (Å²) < 4.78 is 13.2. The molecular weight excluding hydrogens is 312 g/mol. The first-order valence-corrected chi connectivity index (χ1v) is 8.53. The summed E-state index contributed by atoms with van der Waals surface area (Å²) in [6, 6.07) is 5.51. The van der Waals surface area contributed by atoms with Crippen LogP contribution < -0.4 is 9.47 Å². The summed E-state index contributed by atoms with van der Waals surface area (Å²) in [5, 5.41) is 0.594. The van der Waals surface area contributed by atoms with Crippen LogP contribution in [0.5, 0.6) is 11.5 Å². The Kier molecular flexibility index (Phi) is 7.27. The van der Waals surface area contributed by atoms with Crippen LogP contribution in [-0.2, 0) is 6.54 Å². The number of aromatic nitrogens is 2. The quantitative estimate of drug-likeness (QED) is 0.575. The van der Waals surface area contributed by atoms with Gasteiger partial charge in [0.05, 0.1) is 24.6 Å². The molecule has 126 valence electrons. The van der Waals surface area contributed by atoms with Crippen molar-refractivity contribution in [1.82, 2.24) is 9.55 Å². The Morgan fingerprint density at radius 3 is 2.74 bits per heavy atom. The lowest BCUT2D eigenvalue weighted by atomic mass is 10.1. The van der Waals surface area contributed by atoms with Crippen LogP contribution in [0.25, 0.3) is 0 Å². The molecule has 1 aromatic carbocycles. The molecule has 1 heterocycles. The number of rotatable bonds is 10. The maximum absolute atomic E-state index is 6.19. The Hall–Kier alpha value is -1.68. The number of unbranched alkanes of at least 4 members (excludes halogenated alkanes) is 3. The Morgan fingerprint density at radius 1 is 1.22 bits per heavy atom. The molecule has 0 fully saturated rings. The summed E-state index contributed by atoms with van der Waals surface area (Å²) >= 11 is 6.19. The van der Waals surface area contributed by atoms with Crippen molar-refractivity contribution in [2.45, 2.75) is 51.7 Å². The van der Waals surface area contributed by atoms with E-state index in [4.69, 9.17) is 21.1 Å². The maximum Gasteiger partial charge on any atom is 0.138 e. The first-order chi connectivity index (χ1) is 11.2. The van der Waals surface area contributed by atoms with Crippen molar-refractivity contribution < 1.29 is 9.47 Å². The van der Waals surface area contributed by atoms with Gasteiger partial charge in [-0.25, -0.2) is 4.98 Å². The highest BCUT2D eigenvalue weighted by Crippen LogP contribution is 2.29. The number of ether oxygens (including phenoxy) is 2. The summed E-state index contributed by atoms with van der Waals surface area (Å²) in [5.74, 6) is 1.47. The van der Waals surface area contributed by atoms with Gasteiger partial charge in [0.1, 0.15) is 11.5 Å². The van der Waals surface area contributed by atoms with E-state index in [0.29, 0.717) is 5.02 Å². The molecule has 1 aromatic heterocycles. The number of methoxy groups -OCH3 is 1. The van der Waals surface area contributed by atoms with Crippen molar-refractivity contribution in [1.29, 1.82) is 0 Å². The zero-order valence-corrected chi connectivity index (χ0v) is 14.6. The van der Waals surface area contributed by atoms with Gasteiger partial charge < -0.3 is 14.0 Å². The number of nitrogens with zero attached hydrogens (tertiary/aromatic N) is 2. The van der Waals surface area contributed by atoms with Gasteiger partial charge in [0, 0.05) is 25.0 Å². The lowest BCUT2D eigenvalue weighted by Crippen LogP contribution is -2.11. The molecule has 1 atom stereocenters. The highest BCUT2D eigenvalue weighted by atomic mass is 35.5. The Labute approximate surface area is 143 Å². The minimum atomic E-state index is 0.162. The van der Waals surface area contributed by atoms with Crippen LogP contribution in [0.3, 0.4) is 0 Å². The second-order valence-corrected chi connectivity index (χ2v) is 6.14. The molecule has 4 nitrogen and oxygen atoms in total. The number of aryl methyl sites for hydroxylation is 1. The largest absolute Gasteiger partial charge is 0.497 e. The smallest absolute Gasteiger partial charge is 0.138 e. The van der Waals surface area contributed by atoms with Crippen LogP contribution >= 0.6 is 11.6 Å². The topological polar surface area (TPSA) is 36.3 Å². The third-order valence-electron chi connectivity index (χ3n) is 3.80. The minimum Gasteiger partial charge on any atom is -0.497 e. The van der Waals surface area contributed by atoms with Crippen LogP contribution in [0, 0.1) is 0 Å². The van der Waals surface area contributed by atoms with Gasteiger partial charge in [0.25, 0.3) is 0 Å². The van der Waals surface area contributed by atoms with Gasteiger partial charge in [-0.15, -0.1) is 0 Å². The maximum atomic E-state index is 6.19. The average molecular weight is 337 g/mol. The first kappa shape index (κ1) is 17.7. The van der Waals surface area contributed by atoms with Crippen LogP contribution in [0.4, 0.5) is 0 Å². The third-order valence-corrected chi connectivity index (χ3v) is 4.10. The van der Waals surface area contributed by atoms with Gasteiger partial charge in [0.15, 0.2) is 0 Å². The highest BCUT2D eigenvalue weighted by Gasteiger charge is 2.08. The fourth-order valence-corrected chi connectivity index (χ4v) is 2.69. The molecule has 2 rings (SSSR count). The van der Waals surface area contributed by atoms with E-state index in [9.17, 15) is 0 Å². The zero-order valence-electron chi connectivity index (χ0n) is 13.9. The standard InChI is InChI=1S/C18H25ClN2O2/c1-15(23-18-9-8-16(22-2)13-17(18)19)7-5-3-4-6-11-21-12-10-20-14-21/h8-10,12-15H,3-7,11H2,1-2H3. The second-order valence-electron chi connectivity index (χ2n) is 5.73. The van der Waals surface area contributed by atoms with Crippen LogP contribution in [-0.4, -0.2) is 22.8 Å². The number of hydrogen-bond acceptors (Lipinski definition) is 3. The zero-order chi connectivity index (χ0) is 16.5. The lowest BCUT2D eigenvalue weighted by molar-refractivity contribution is 0.206. The molecular formula is C18H25ClN2O2. The normalized spacial score (nSPS) is 12.1. The Balaban J connectivity index is 1.60. The number of imidazole rings is 1. The van der Waals surface area contributed by atoms with E-state index >= 15 is 0 Å². The van der Waals surface area contributed by atoms with Crippen molar-refractivity contribution in [2.75, 3.05) is 7.11 Å². The summed E-state index contributed by atoms with van der Waals surface area (Å²) in [4.78, 5) is 4.05. The second kappa shape index (κ2) is 9.46. The molecule has 0 bridgehead atoms. The number of benzene rings is 1. The summed E-state index contributed by atoms with van der Waals surface area (Å²) in [7, 11) is 1.63. The van der Waals surface area contributed by atoms with E-state index in [1.165, 1.54) is 25.7 Å². The fourth-order valence-electron chi connectivity index (χ4n) is 2.48. The molecule has 2 aromatic rings. The molecule has 0 saturated carbocycles. The van der Waals surface area contributed by atoms with E-state index in [2.05, 4.69) is 16.5 Å². The Bertz CT molecular complexity index is 572. The molecule has 0 saturated heterocycles. The van der Waals surface area contributed by atoms with E-state index in [-0.39, 0.29) is 6.10 Å². The van der Waals surface area contributed by atoms with E-state index < -0.39 is 0 Å². The summed E-state index contributed by atoms with van der Waals surface area (Å²) in [5.41, 5.74) is 0. The van der Waals surface area contributed by atoms with E-state index in [1.54, 1.807) is 13.2 Å². The third kappa shape index (κ3) is 6.14. The van der Waals surface area contributed by atoms with Gasteiger partial charge in [-0.05, 0) is 38.3 Å². The molecule has 23 heavy (non-hydrogen) atoms. The first-order valence-electron chi connectivity index (χ1n) is 8.15. The average Bonchev–Trinajstić information content (AvgIpc) is 3.06. The van der Waals surface area contributed by atoms with E-state index in [0.717, 1.165) is 24.5 Å². The molecule has 0 N–H and O–H groups in total. The molecule has 0 radical (unpaired) electrons. The fraction of sp³-hybridized carbons (Fsp3) is 0.500. The van der Waals surface area contributed by atoms with Gasteiger partial charge >= 0.3 is 0 Å². The molecule has 0 aliphatic carbocycles. The van der Waals surface area contributed by atoms with Gasteiger partial charge in [-0.1, -0.05) is 24.4 Å². The minimum absolute atomic E-state index is 0.162. The Morgan fingerprint density at radius 2 is 2.04 bits per heavy atom. The monoisotopic (exact) mass is 336 g/mol. The molecule has 0 aliphatic heterocycles. The van der Waals surface area contributed by atoms with Crippen molar-refractivity contribution in [2.24, 2.45) is 0 Å². The molecule has 0 spiro atoms. The van der Waals surface area contributed by atoms with Crippen LogP contribution in [0.1, 0.15) is 39.0 Å². The van der Waals surface area contributed by atoms with Crippen molar-refractivity contribution in [3.05, 3.63) is 41.9 Å². The number of halogens is 1. The van der Waals surface area contributed by atoms with Crippen LogP contribution in [0.2, 0.25) is 5.02 Å². The SMILES string of the molecule is COc1ccc(OC(C)CCCCCCn2ccnc2)c(Cl)c1. The number of hydrogen-bond donors (Lipinski definition) is 0. The lowest BCUT2D eigenvalue weighted by Gasteiger charge is -2.16. The summed E-state index contributed by atoms with van der Waals surface area (Å²) in [6.07, 6.45) is 11.7. The highest BCUT2D eigenvalue weighted by molar-refractivity contribution is 6.32. The predicted molar refractivity (Wildman–Crippen MR) is 93.4 cm³/mol. The van der Waals surface area contributed by atoms with Crippen molar-refractivity contribution in [3.8, 4) is 11.5 Å². The van der Waals surface area contributed by atoms with Crippen molar-refractivity contribution >= 4 is 11.6 Å². The predicted octanol–water partition coefficient (Wildman–Crippen LogP) is 4.96. The molecule has 0 amide bonds. The van der Waals surface area contributed by atoms with Gasteiger partial charge in [-0.2, -0.15) is 0 Å². The van der Waals surface area contributed by atoms with Crippen LogP contribution in [0.15, 0.2) is 36.9 Å². The molecule has 0 aliphatic rings. The van der Waals surface area contributed by atoms with Crippen molar-refractivity contribution in [3.63, 3.8) is 0 Å². The van der Waals surface area contributed by atoms with E-state index in [1.807, 2.05) is 30.9 Å². The van der Waals surface area contributed by atoms with Gasteiger partial charge in [0.2, 0.25) is 0 Å². The molecule has 5 heteroatoms. The molecule has 1 unspecified atom stereocenters.